The van der Waals surface area contributed by atoms with Crippen molar-refractivity contribution in [2.75, 3.05) is 6.54 Å². The van der Waals surface area contributed by atoms with E-state index in [1.165, 1.54) is 43.9 Å². The summed E-state index contributed by atoms with van der Waals surface area (Å²) in [5.74, 6) is -0.00716. The molecule has 0 spiro atoms. The molecule has 0 saturated heterocycles. The van der Waals surface area contributed by atoms with Crippen molar-refractivity contribution in [3.8, 4) is 0 Å². The third-order valence-corrected chi connectivity index (χ3v) is 4.30. The smallest absolute Gasteiger partial charge is 0.335 e. The second kappa shape index (κ2) is 6.84. The molecular formula is C16H22FNO2. The number of hydrogen-bond acceptors (Lipinski definition) is 2. The van der Waals surface area contributed by atoms with Gasteiger partial charge in [-0.15, -0.1) is 0 Å². The van der Waals surface area contributed by atoms with Crippen LogP contribution in [0.15, 0.2) is 18.2 Å². The lowest BCUT2D eigenvalue weighted by molar-refractivity contribution is 0.0696. The van der Waals surface area contributed by atoms with Crippen molar-refractivity contribution in [1.82, 2.24) is 5.32 Å². The van der Waals surface area contributed by atoms with Crippen LogP contribution in [0.4, 0.5) is 4.39 Å². The van der Waals surface area contributed by atoms with Gasteiger partial charge in [0, 0.05) is 12.1 Å². The number of carbonyl (C=O) groups is 1. The van der Waals surface area contributed by atoms with Crippen LogP contribution in [0.5, 0.6) is 0 Å². The molecule has 110 valence electrons. The molecule has 0 heterocycles. The lowest BCUT2D eigenvalue weighted by Crippen LogP contribution is -2.29. The van der Waals surface area contributed by atoms with E-state index in [0.29, 0.717) is 23.9 Å². The van der Waals surface area contributed by atoms with Crippen LogP contribution in [0.1, 0.15) is 48.5 Å². The molecule has 4 heteroatoms. The second-order valence-corrected chi connectivity index (χ2v) is 5.76. The predicted molar refractivity (Wildman–Crippen MR) is 76.2 cm³/mol. The highest BCUT2D eigenvalue weighted by molar-refractivity contribution is 5.87. The molecule has 0 amide bonds. The summed E-state index contributed by atoms with van der Waals surface area (Å²) in [5, 5.41) is 12.2. The van der Waals surface area contributed by atoms with Crippen molar-refractivity contribution in [3.05, 3.63) is 35.1 Å². The number of carboxylic acids is 1. The highest BCUT2D eigenvalue weighted by atomic mass is 19.1. The second-order valence-electron chi connectivity index (χ2n) is 5.76. The van der Waals surface area contributed by atoms with Crippen molar-refractivity contribution in [2.24, 2.45) is 11.8 Å². The van der Waals surface area contributed by atoms with Gasteiger partial charge in [-0.05, 0) is 43.0 Å². The zero-order valence-electron chi connectivity index (χ0n) is 11.9. The molecule has 2 atom stereocenters. The molecule has 0 aliphatic heterocycles. The van der Waals surface area contributed by atoms with E-state index in [1.807, 2.05) is 0 Å². The number of carboxylic acid groups (broad SMARTS) is 1. The number of halogens is 1. The summed E-state index contributed by atoms with van der Waals surface area (Å²) < 4.78 is 13.6. The molecule has 0 aromatic heterocycles. The van der Waals surface area contributed by atoms with Crippen LogP contribution in [0, 0.1) is 17.7 Å². The maximum atomic E-state index is 13.6. The molecule has 20 heavy (non-hydrogen) atoms. The SMILES string of the molecule is CC1CCCCC1CNCc1cc(C(=O)O)ccc1F. The van der Waals surface area contributed by atoms with E-state index in [1.54, 1.807) is 0 Å². The Morgan fingerprint density at radius 3 is 2.85 bits per heavy atom. The van der Waals surface area contributed by atoms with Crippen molar-refractivity contribution in [2.45, 2.75) is 39.2 Å². The average molecular weight is 279 g/mol. The van der Waals surface area contributed by atoms with Crippen LogP contribution in [0.3, 0.4) is 0 Å². The first-order valence-corrected chi connectivity index (χ1v) is 7.30. The molecule has 1 aliphatic carbocycles. The molecule has 2 unspecified atom stereocenters. The Balaban J connectivity index is 1.90. The maximum absolute atomic E-state index is 13.6. The van der Waals surface area contributed by atoms with E-state index in [9.17, 15) is 9.18 Å². The Morgan fingerprint density at radius 2 is 2.15 bits per heavy atom. The molecule has 1 fully saturated rings. The van der Waals surface area contributed by atoms with Gasteiger partial charge in [-0.2, -0.15) is 0 Å². The Morgan fingerprint density at radius 1 is 1.40 bits per heavy atom. The summed E-state index contributed by atoms with van der Waals surface area (Å²) in [6.07, 6.45) is 5.09. The van der Waals surface area contributed by atoms with Crippen LogP contribution >= 0.6 is 0 Å². The van der Waals surface area contributed by atoms with Crippen LogP contribution < -0.4 is 5.32 Å². The Hall–Kier alpha value is -1.42. The first-order valence-electron chi connectivity index (χ1n) is 7.30. The standard InChI is InChI=1S/C16H22FNO2/c1-11-4-2-3-5-13(11)9-18-10-14-8-12(16(19)20)6-7-15(14)17/h6-8,11,13,18H,2-5,9-10H2,1H3,(H,19,20). The van der Waals surface area contributed by atoms with Gasteiger partial charge in [-0.25, -0.2) is 9.18 Å². The van der Waals surface area contributed by atoms with E-state index in [-0.39, 0.29) is 11.4 Å². The average Bonchev–Trinajstić information content (AvgIpc) is 2.42. The molecule has 0 bridgehead atoms. The molecular weight excluding hydrogens is 257 g/mol. The van der Waals surface area contributed by atoms with E-state index in [4.69, 9.17) is 5.11 Å². The van der Waals surface area contributed by atoms with E-state index >= 15 is 0 Å². The Kier molecular flexibility index (Phi) is 5.12. The van der Waals surface area contributed by atoms with Crippen LogP contribution in [-0.2, 0) is 6.54 Å². The predicted octanol–water partition coefficient (Wildman–Crippen LogP) is 3.44. The Bertz CT molecular complexity index is 476. The minimum absolute atomic E-state index is 0.134. The largest absolute Gasteiger partial charge is 0.478 e. The van der Waals surface area contributed by atoms with E-state index in [0.717, 1.165) is 6.54 Å². The molecule has 1 aromatic carbocycles. The fourth-order valence-electron chi connectivity index (χ4n) is 2.93. The molecule has 0 radical (unpaired) electrons. The van der Waals surface area contributed by atoms with Crippen molar-refractivity contribution >= 4 is 5.97 Å². The molecule has 3 nitrogen and oxygen atoms in total. The summed E-state index contributed by atoms with van der Waals surface area (Å²) in [6.45, 7) is 3.53. The third-order valence-electron chi connectivity index (χ3n) is 4.30. The lowest BCUT2D eigenvalue weighted by Gasteiger charge is -2.28. The molecule has 1 aliphatic rings. The highest BCUT2D eigenvalue weighted by Crippen LogP contribution is 2.28. The van der Waals surface area contributed by atoms with Gasteiger partial charge in [-0.3, -0.25) is 0 Å². The number of rotatable bonds is 5. The van der Waals surface area contributed by atoms with Gasteiger partial charge in [0.15, 0.2) is 0 Å². The minimum atomic E-state index is -1.02. The van der Waals surface area contributed by atoms with Gasteiger partial charge >= 0.3 is 5.97 Å². The zero-order valence-corrected chi connectivity index (χ0v) is 11.9. The quantitative estimate of drug-likeness (QED) is 0.868. The van der Waals surface area contributed by atoms with Gasteiger partial charge in [0.2, 0.25) is 0 Å². The third kappa shape index (κ3) is 3.79. The summed E-state index contributed by atoms with van der Waals surface area (Å²) >= 11 is 0. The lowest BCUT2D eigenvalue weighted by atomic mass is 9.80. The molecule has 1 aromatic rings. The van der Waals surface area contributed by atoms with Gasteiger partial charge in [0.1, 0.15) is 5.82 Å². The fourth-order valence-corrected chi connectivity index (χ4v) is 2.93. The van der Waals surface area contributed by atoms with Gasteiger partial charge in [0.05, 0.1) is 5.56 Å². The van der Waals surface area contributed by atoms with Crippen LogP contribution in [-0.4, -0.2) is 17.6 Å². The summed E-state index contributed by atoms with van der Waals surface area (Å²) in [4.78, 5) is 10.9. The van der Waals surface area contributed by atoms with E-state index in [2.05, 4.69) is 12.2 Å². The van der Waals surface area contributed by atoms with Gasteiger partial charge in [0.25, 0.3) is 0 Å². The number of hydrogen-bond donors (Lipinski definition) is 2. The number of benzene rings is 1. The summed E-state index contributed by atoms with van der Waals surface area (Å²) in [7, 11) is 0. The first kappa shape index (κ1) is 15.0. The first-order chi connectivity index (χ1) is 9.58. The van der Waals surface area contributed by atoms with Gasteiger partial charge < -0.3 is 10.4 Å². The Labute approximate surface area is 119 Å². The normalized spacial score (nSPS) is 22.7. The topological polar surface area (TPSA) is 49.3 Å². The monoisotopic (exact) mass is 279 g/mol. The van der Waals surface area contributed by atoms with Crippen molar-refractivity contribution in [1.29, 1.82) is 0 Å². The van der Waals surface area contributed by atoms with Crippen LogP contribution in [0.25, 0.3) is 0 Å². The number of aromatic carboxylic acids is 1. The number of nitrogens with one attached hydrogen (secondary N) is 1. The fraction of sp³-hybridized carbons (Fsp3) is 0.562. The minimum Gasteiger partial charge on any atom is -0.478 e. The maximum Gasteiger partial charge on any atom is 0.335 e. The van der Waals surface area contributed by atoms with Crippen molar-refractivity contribution in [3.63, 3.8) is 0 Å². The van der Waals surface area contributed by atoms with E-state index < -0.39 is 5.97 Å². The highest BCUT2D eigenvalue weighted by Gasteiger charge is 2.20. The molecule has 2 N–H and O–H groups in total. The summed E-state index contributed by atoms with van der Waals surface area (Å²) in [5.41, 5.74) is 0.558. The molecule has 2 rings (SSSR count). The zero-order chi connectivity index (χ0) is 14.5. The summed E-state index contributed by atoms with van der Waals surface area (Å²) in [6, 6.07) is 3.93. The molecule has 1 saturated carbocycles. The van der Waals surface area contributed by atoms with Crippen molar-refractivity contribution < 1.29 is 14.3 Å². The van der Waals surface area contributed by atoms with Gasteiger partial charge in [-0.1, -0.05) is 26.2 Å². The van der Waals surface area contributed by atoms with Crippen LogP contribution in [0.2, 0.25) is 0 Å².